The number of aryl methyl sites for hydroxylation is 1. The standard InChI is InChI=1S/C17H26N2O2.ClH/c1-13-6-7-14(12-15(13)21-3)17(8-4-5-9-17)16(20)19-11-10-18-2;/h6-7,12,18H,4-5,8-11H2,1-3H3,(H,19,20);1H. The van der Waals surface area contributed by atoms with Crippen molar-refractivity contribution >= 4 is 18.3 Å². The quantitative estimate of drug-likeness (QED) is 0.790. The van der Waals surface area contributed by atoms with E-state index in [1.165, 1.54) is 0 Å². The van der Waals surface area contributed by atoms with Crippen LogP contribution in [-0.4, -0.2) is 33.2 Å². The Morgan fingerprint density at radius 3 is 2.55 bits per heavy atom. The van der Waals surface area contributed by atoms with Gasteiger partial charge in [0.15, 0.2) is 0 Å². The minimum atomic E-state index is -0.380. The maximum absolute atomic E-state index is 12.7. The van der Waals surface area contributed by atoms with E-state index < -0.39 is 0 Å². The minimum Gasteiger partial charge on any atom is -0.496 e. The third-order valence-electron chi connectivity index (χ3n) is 4.51. The van der Waals surface area contributed by atoms with Crippen LogP contribution in [0.25, 0.3) is 0 Å². The molecule has 4 nitrogen and oxygen atoms in total. The summed E-state index contributed by atoms with van der Waals surface area (Å²) in [4.78, 5) is 12.7. The molecule has 0 radical (unpaired) electrons. The lowest BCUT2D eigenvalue weighted by atomic mass is 9.77. The molecule has 1 aromatic rings. The summed E-state index contributed by atoms with van der Waals surface area (Å²) >= 11 is 0. The van der Waals surface area contributed by atoms with Crippen LogP contribution in [-0.2, 0) is 10.2 Å². The lowest BCUT2D eigenvalue weighted by molar-refractivity contribution is -0.126. The summed E-state index contributed by atoms with van der Waals surface area (Å²) in [6.45, 7) is 3.48. The second-order valence-corrected chi connectivity index (χ2v) is 5.83. The number of amides is 1. The smallest absolute Gasteiger partial charge is 0.230 e. The zero-order valence-corrected chi connectivity index (χ0v) is 14.5. The van der Waals surface area contributed by atoms with Gasteiger partial charge in [0.1, 0.15) is 5.75 Å². The predicted molar refractivity (Wildman–Crippen MR) is 92.1 cm³/mol. The first kappa shape index (κ1) is 18.8. The fourth-order valence-corrected chi connectivity index (χ4v) is 3.21. The molecule has 0 heterocycles. The molecule has 0 aromatic heterocycles. The van der Waals surface area contributed by atoms with Crippen molar-refractivity contribution in [3.63, 3.8) is 0 Å². The summed E-state index contributed by atoms with van der Waals surface area (Å²) in [5, 5.41) is 6.13. The van der Waals surface area contributed by atoms with E-state index in [4.69, 9.17) is 4.74 Å². The van der Waals surface area contributed by atoms with Crippen molar-refractivity contribution in [3.05, 3.63) is 29.3 Å². The van der Waals surface area contributed by atoms with Gasteiger partial charge in [-0.15, -0.1) is 12.4 Å². The van der Waals surface area contributed by atoms with Gasteiger partial charge in [0, 0.05) is 13.1 Å². The zero-order valence-electron chi connectivity index (χ0n) is 13.7. The Bertz CT molecular complexity index is 499. The van der Waals surface area contributed by atoms with E-state index in [0.717, 1.165) is 49.1 Å². The number of benzene rings is 1. The van der Waals surface area contributed by atoms with Crippen molar-refractivity contribution in [1.82, 2.24) is 10.6 Å². The van der Waals surface area contributed by atoms with E-state index >= 15 is 0 Å². The highest BCUT2D eigenvalue weighted by atomic mass is 35.5. The number of nitrogens with one attached hydrogen (secondary N) is 2. The number of ether oxygens (including phenoxy) is 1. The number of carbonyl (C=O) groups is 1. The molecule has 2 N–H and O–H groups in total. The van der Waals surface area contributed by atoms with Crippen LogP contribution in [0.3, 0.4) is 0 Å². The van der Waals surface area contributed by atoms with Crippen molar-refractivity contribution in [3.8, 4) is 5.75 Å². The van der Waals surface area contributed by atoms with E-state index in [-0.39, 0.29) is 23.7 Å². The molecule has 1 aliphatic rings. The van der Waals surface area contributed by atoms with E-state index in [1.807, 2.05) is 20.0 Å². The molecule has 1 saturated carbocycles. The molecule has 1 amide bonds. The summed E-state index contributed by atoms with van der Waals surface area (Å²) in [5.41, 5.74) is 1.81. The van der Waals surface area contributed by atoms with E-state index in [1.54, 1.807) is 7.11 Å². The largest absolute Gasteiger partial charge is 0.496 e. The summed E-state index contributed by atoms with van der Waals surface area (Å²) in [6, 6.07) is 6.17. The summed E-state index contributed by atoms with van der Waals surface area (Å²) in [7, 11) is 3.57. The summed E-state index contributed by atoms with van der Waals surface area (Å²) in [5.74, 6) is 1.02. The number of hydrogen-bond acceptors (Lipinski definition) is 3. The molecule has 0 aliphatic heterocycles. The van der Waals surface area contributed by atoms with Gasteiger partial charge in [0.2, 0.25) is 5.91 Å². The normalized spacial score (nSPS) is 16.0. The van der Waals surface area contributed by atoms with Gasteiger partial charge < -0.3 is 15.4 Å². The average molecular weight is 327 g/mol. The molecular formula is C17H27ClN2O2. The third-order valence-corrected chi connectivity index (χ3v) is 4.51. The van der Waals surface area contributed by atoms with Crippen LogP contribution < -0.4 is 15.4 Å². The van der Waals surface area contributed by atoms with Crippen molar-refractivity contribution < 1.29 is 9.53 Å². The molecule has 0 bridgehead atoms. The van der Waals surface area contributed by atoms with Gasteiger partial charge >= 0.3 is 0 Å². The number of carbonyl (C=O) groups excluding carboxylic acids is 1. The first-order chi connectivity index (χ1) is 10.1. The fraction of sp³-hybridized carbons (Fsp3) is 0.588. The van der Waals surface area contributed by atoms with Gasteiger partial charge in [0.25, 0.3) is 0 Å². The number of rotatable bonds is 6. The second kappa shape index (κ2) is 8.39. The highest BCUT2D eigenvalue weighted by molar-refractivity contribution is 5.88. The molecule has 0 saturated heterocycles. The van der Waals surface area contributed by atoms with Crippen molar-refractivity contribution in [1.29, 1.82) is 0 Å². The first-order valence-electron chi connectivity index (χ1n) is 7.72. The highest BCUT2D eigenvalue weighted by Gasteiger charge is 2.42. The maximum atomic E-state index is 12.7. The Labute approximate surface area is 139 Å². The van der Waals surface area contributed by atoms with E-state index in [0.29, 0.717) is 6.54 Å². The number of likely N-dealkylation sites (N-methyl/N-ethyl adjacent to an activating group) is 1. The average Bonchev–Trinajstić information content (AvgIpc) is 2.98. The van der Waals surface area contributed by atoms with Gasteiger partial charge in [-0.05, 0) is 44.0 Å². The highest BCUT2D eigenvalue weighted by Crippen LogP contribution is 2.42. The lowest BCUT2D eigenvalue weighted by Crippen LogP contribution is -2.44. The molecule has 2 rings (SSSR count). The predicted octanol–water partition coefficient (Wildman–Crippen LogP) is 2.57. The third kappa shape index (κ3) is 3.73. The Kier molecular flexibility index (Phi) is 7.17. The van der Waals surface area contributed by atoms with Gasteiger partial charge in [-0.1, -0.05) is 25.0 Å². The number of halogens is 1. The molecule has 0 spiro atoms. The van der Waals surface area contributed by atoms with Gasteiger partial charge in [-0.2, -0.15) is 0 Å². The Balaban J connectivity index is 0.00000242. The van der Waals surface area contributed by atoms with Crippen molar-refractivity contribution in [2.45, 2.75) is 38.0 Å². The molecule has 22 heavy (non-hydrogen) atoms. The monoisotopic (exact) mass is 326 g/mol. The summed E-state index contributed by atoms with van der Waals surface area (Å²) < 4.78 is 5.43. The Morgan fingerprint density at radius 1 is 1.27 bits per heavy atom. The molecule has 1 aliphatic carbocycles. The fourth-order valence-electron chi connectivity index (χ4n) is 3.21. The van der Waals surface area contributed by atoms with Gasteiger partial charge in [-0.25, -0.2) is 0 Å². The van der Waals surface area contributed by atoms with Crippen LogP contribution in [0.15, 0.2) is 18.2 Å². The van der Waals surface area contributed by atoms with Crippen LogP contribution in [0.2, 0.25) is 0 Å². The molecule has 0 unspecified atom stereocenters. The van der Waals surface area contributed by atoms with E-state index in [9.17, 15) is 4.79 Å². The molecule has 1 fully saturated rings. The second-order valence-electron chi connectivity index (χ2n) is 5.83. The topological polar surface area (TPSA) is 50.4 Å². The van der Waals surface area contributed by atoms with Crippen LogP contribution >= 0.6 is 12.4 Å². The minimum absolute atomic E-state index is 0. The zero-order chi connectivity index (χ0) is 15.3. The Morgan fingerprint density at radius 2 is 1.95 bits per heavy atom. The molecule has 0 atom stereocenters. The maximum Gasteiger partial charge on any atom is 0.230 e. The van der Waals surface area contributed by atoms with Crippen molar-refractivity contribution in [2.75, 3.05) is 27.2 Å². The molecule has 5 heteroatoms. The number of hydrogen-bond donors (Lipinski definition) is 2. The van der Waals surface area contributed by atoms with Crippen LogP contribution in [0, 0.1) is 6.92 Å². The number of methoxy groups -OCH3 is 1. The molecule has 1 aromatic carbocycles. The Hall–Kier alpha value is -1.26. The lowest BCUT2D eigenvalue weighted by Gasteiger charge is -2.29. The van der Waals surface area contributed by atoms with Crippen LogP contribution in [0.4, 0.5) is 0 Å². The van der Waals surface area contributed by atoms with Crippen LogP contribution in [0.5, 0.6) is 5.75 Å². The van der Waals surface area contributed by atoms with Gasteiger partial charge in [-0.3, -0.25) is 4.79 Å². The van der Waals surface area contributed by atoms with Gasteiger partial charge in [0.05, 0.1) is 12.5 Å². The van der Waals surface area contributed by atoms with E-state index in [2.05, 4.69) is 22.8 Å². The summed E-state index contributed by atoms with van der Waals surface area (Å²) in [6.07, 6.45) is 4.06. The molecular weight excluding hydrogens is 300 g/mol. The molecule has 124 valence electrons. The first-order valence-corrected chi connectivity index (χ1v) is 7.72. The van der Waals surface area contributed by atoms with Crippen LogP contribution in [0.1, 0.15) is 36.8 Å². The SMILES string of the molecule is CNCCNC(=O)C1(c2ccc(C)c(OC)c2)CCCC1.Cl. The van der Waals surface area contributed by atoms with Crippen molar-refractivity contribution in [2.24, 2.45) is 0 Å².